The number of ether oxygens (including phenoxy) is 1. The first-order valence-electron chi connectivity index (χ1n) is 5.71. The summed E-state index contributed by atoms with van der Waals surface area (Å²) < 4.78 is 7.00. The topological polar surface area (TPSA) is 86.3 Å². The van der Waals surface area contributed by atoms with Crippen molar-refractivity contribution in [2.45, 2.75) is 0 Å². The van der Waals surface area contributed by atoms with Gasteiger partial charge in [0.15, 0.2) is 11.6 Å². The second-order valence-electron chi connectivity index (χ2n) is 4.22. The summed E-state index contributed by atoms with van der Waals surface area (Å²) in [5.74, 6) is 0.605. The van der Waals surface area contributed by atoms with Gasteiger partial charge in [0.1, 0.15) is 11.4 Å². The summed E-state index contributed by atoms with van der Waals surface area (Å²) in [6.07, 6.45) is 1.63. The average molecular weight is 340 g/mol. The van der Waals surface area contributed by atoms with Gasteiger partial charge >= 0.3 is 5.97 Å². The molecule has 0 amide bonds. The van der Waals surface area contributed by atoms with Crippen LogP contribution in [0.3, 0.4) is 0 Å². The lowest BCUT2D eigenvalue weighted by Gasteiger charge is -2.09. The van der Waals surface area contributed by atoms with Gasteiger partial charge in [0.25, 0.3) is 0 Å². The van der Waals surface area contributed by atoms with Crippen LogP contribution < -0.4 is 10.6 Å². The number of aromatic nitrogens is 3. The number of hydrogen-bond acceptors (Lipinski definition) is 6. The Bertz CT molecular complexity index is 636. The number of halogens is 1. The average Bonchev–Trinajstić information content (AvgIpc) is 2.77. The van der Waals surface area contributed by atoms with Crippen molar-refractivity contribution in [2.24, 2.45) is 0 Å². The molecule has 0 aliphatic carbocycles. The number of rotatable bonds is 3. The minimum atomic E-state index is -0.533. The predicted molar refractivity (Wildman–Crippen MR) is 79.1 cm³/mol. The van der Waals surface area contributed by atoms with Crippen molar-refractivity contribution in [3.05, 3.63) is 28.4 Å². The van der Waals surface area contributed by atoms with E-state index in [4.69, 9.17) is 10.5 Å². The van der Waals surface area contributed by atoms with Crippen molar-refractivity contribution in [1.29, 1.82) is 0 Å². The van der Waals surface area contributed by atoms with E-state index in [1.165, 1.54) is 11.8 Å². The SMILES string of the molecule is COC(=O)c1c(N(C)C)nn(-c2ccc(Br)cn2)c1N. The molecule has 2 heterocycles. The van der Waals surface area contributed by atoms with Crippen molar-refractivity contribution in [2.75, 3.05) is 31.8 Å². The largest absolute Gasteiger partial charge is 0.465 e. The first-order valence-corrected chi connectivity index (χ1v) is 6.51. The standard InChI is InChI=1S/C12H14BrN5O2/c1-17(2)11-9(12(19)20-3)10(14)18(16-11)8-5-4-7(13)6-15-8/h4-6H,14H2,1-3H3. The molecule has 0 bridgehead atoms. The number of methoxy groups -OCH3 is 1. The van der Waals surface area contributed by atoms with Crippen molar-refractivity contribution in [3.8, 4) is 5.82 Å². The fourth-order valence-electron chi connectivity index (χ4n) is 1.70. The number of anilines is 2. The Labute approximate surface area is 124 Å². The third kappa shape index (κ3) is 2.46. The molecule has 0 aromatic carbocycles. The molecule has 0 unspecified atom stereocenters. The Morgan fingerprint density at radius 3 is 2.65 bits per heavy atom. The van der Waals surface area contributed by atoms with E-state index in [0.29, 0.717) is 11.6 Å². The molecule has 7 nitrogen and oxygen atoms in total. The second-order valence-corrected chi connectivity index (χ2v) is 5.13. The highest BCUT2D eigenvalue weighted by Crippen LogP contribution is 2.27. The third-order valence-electron chi connectivity index (χ3n) is 2.64. The molecule has 0 saturated heterocycles. The molecule has 106 valence electrons. The molecular formula is C12H14BrN5O2. The molecule has 0 fully saturated rings. The number of esters is 1. The number of carbonyl (C=O) groups is 1. The lowest BCUT2D eigenvalue weighted by atomic mass is 10.3. The normalized spacial score (nSPS) is 10.4. The highest BCUT2D eigenvalue weighted by Gasteiger charge is 2.25. The third-order valence-corrected chi connectivity index (χ3v) is 3.11. The van der Waals surface area contributed by atoms with Crippen LogP contribution in [0.1, 0.15) is 10.4 Å². The Morgan fingerprint density at radius 2 is 2.15 bits per heavy atom. The molecular weight excluding hydrogens is 326 g/mol. The van der Waals surface area contributed by atoms with Crippen molar-refractivity contribution in [3.63, 3.8) is 0 Å². The van der Waals surface area contributed by atoms with Gasteiger partial charge in [-0.2, -0.15) is 4.68 Å². The maximum Gasteiger partial charge on any atom is 0.345 e. The molecule has 2 aromatic heterocycles. The van der Waals surface area contributed by atoms with Gasteiger partial charge in [-0.15, -0.1) is 5.10 Å². The van der Waals surface area contributed by atoms with Crippen LogP contribution in [0.4, 0.5) is 11.6 Å². The Kier molecular flexibility index (Phi) is 3.93. The zero-order chi connectivity index (χ0) is 14.9. The maximum atomic E-state index is 11.8. The fourth-order valence-corrected chi connectivity index (χ4v) is 1.93. The Hall–Kier alpha value is -2.09. The molecule has 2 N–H and O–H groups in total. The van der Waals surface area contributed by atoms with Gasteiger partial charge < -0.3 is 15.4 Å². The van der Waals surface area contributed by atoms with Gasteiger partial charge in [0.2, 0.25) is 0 Å². The van der Waals surface area contributed by atoms with Crippen LogP contribution in [0.15, 0.2) is 22.8 Å². The number of nitrogen functional groups attached to an aromatic ring is 1. The van der Waals surface area contributed by atoms with Gasteiger partial charge in [-0.1, -0.05) is 0 Å². The summed E-state index contributed by atoms with van der Waals surface area (Å²) in [5, 5.41) is 4.32. The van der Waals surface area contributed by atoms with Crippen LogP contribution in [0.2, 0.25) is 0 Å². The molecule has 0 saturated carbocycles. The monoisotopic (exact) mass is 339 g/mol. The van der Waals surface area contributed by atoms with Crippen LogP contribution in [-0.4, -0.2) is 41.9 Å². The minimum Gasteiger partial charge on any atom is -0.465 e. The van der Waals surface area contributed by atoms with Crippen molar-refractivity contribution < 1.29 is 9.53 Å². The number of nitrogens with zero attached hydrogens (tertiary/aromatic N) is 4. The molecule has 2 aromatic rings. The maximum absolute atomic E-state index is 11.8. The zero-order valence-corrected chi connectivity index (χ0v) is 12.9. The van der Waals surface area contributed by atoms with Crippen molar-refractivity contribution >= 4 is 33.5 Å². The predicted octanol–water partition coefficient (Wildman–Crippen LogP) is 1.46. The quantitative estimate of drug-likeness (QED) is 0.852. The number of pyridine rings is 1. The van der Waals surface area contributed by atoms with Gasteiger partial charge in [-0.3, -0.25) is 0 Å². The van der Waals surface area contributed by atoms with E-state index in [9.17, 15) is 4.79 Å². The van der Waals surface area contributed by atoms with Gasteiger partial charge in [-0.05, 0) is 28.1 Å². The first-order chi connectivity index (χ1) is 9.45. The molecule has 0 radical (unpaired) electrons. The first kappa shape index (κ1) is 14.3. The summed E-state index contributed by atoms with van der Waals surface area (Å²) in [4.78, 5) is 17.8. The lowest BCUT2D eigenvalue weighted by molar-refractivity contribution is 0.0602. The molecule has 8 heteroatoms. The fraction of sp³-hybridized carbons (Fsp3) is 0.250. The minimum absolute atomic E-state index is 0.190. The highest BCUT2D eigenvalue weighted by atomic mass is 79.9. The Morgan fingerprint density at radius 1 is 1.45 bits per heavy atom. The molecule has 0 aliphatic rings. The van der Waals surface area contributed by atoms with Crippen LogP contribution >= 0.6 is 15.9 Å². The summed E-state index contributed by atoms with van der Waals surface area (Å²) in [5.41, 5.74) is 6.23. The summed E-state index contributed by atoms with van der Waals surface area (Å²) in [6.45, 7) is 0. The second kappa shape index (κ2) is 5.49. The summed E-state index contributed by atoms with van der Waals surface area (Å²) in [7, 11) is 4.84. The smallest absolute Gasteiger partial charge is 0.345 e. The van der Waals surface area contributed by atoms with E-state index in [2.05, 4.69) is 26.0 Å². The van der Waals surface area contributed by atoms with E-state index in [1.807, 2.05) is 6.07 Å². The molecule has 0 atom stereocenters. The molecule has 0 aliphatic heterocycles. The zero-order valence-electron chi connectivity index (χ0n) is 11.3. The summed E-state index contributed by atoms with van der Waals surface area (Å²) in [6, 6.07) is 3.56. The number of hydrogen-bond donors (Lipinski definition) is 1. The van der Waals surface area contributed by atoms with E-state index >= 15 is 0 Å². The van der Waals surface area contributed by atoms with E-state index in [-0.39, 0.29) is 11.4 Å². The molecule has 0 spiro atoms. The van der Waals surface area contributed by atoms with E-state index in [1.54, 1.807) is 31.3 Å². The van der Waals surface area contributed by atoms with E-state index in [0.717, 1.165) is 4.47 Å². The molecule has 2 rings (SSSR count). The van der Waals surface area contributed by atoms with Crippen LogP contribution in [-0.2, 0) is 4.74 Å². The number of carbonyl (C=O) groups excluding carboxylic acids is 1. The van der Waals surface area contributed by atoms with E-state index < -0.39 is 5.97 Å². The number of nitrogens with two attached hydrogens (primary N) is 1. The van der Waals surface area contributed by atoms with Gasteiger partial charge in [-0.25, -0.2) is 9.78 Å². The highest BCUT2D eigenvalue weighted by molar-refractivity contribution is 9.10. The summed E-state index contributed by atoms with van der Waals surface area (Å²) >= 11 is 3.31. The molecule has 20 heavy (non-hydrogen) atoms. The lowest BCUT2D eigenvalue weighted by Crippen LogP contribution is -2.14. The van der Waals surface area contributed by atoms with Crippen LogP contribution in [0.25, 0.3) is 5.82 Å². The Balaban J connectivity index is 2.61. The van der Waals surface area contributed by atoms with Crippen molar-refractivity contribution in [1.82, 2.24) is 14.8 Å². The van der Waals surface area contributed by atoms with Crippen LogP contribution in [0.5, 0.6) is 0 Å². The van der Waals surface area contributed by atoms with Gasteiger partial charge in [0.05, 0.1) is 7.11 Å². The van der Waals surface area contributed by atoms with Gasteiger partial charge in [0, 0.05) is 24.8 Å². The van der Waals surface area contributed by atoms with Crippen LogP contribution in [0, 0.1) is 0 Å².